The van der Waals surface area contributed by atoms with E-state index in [-0.39, 0.29) is 25.3 Å². The van der Waals surface area contributed by atoms with Crippen molar-refractivity contribution in [2.45, 2.75) is 26.2 Å². The van der Waals surface area contributed by atoms with Crippen LogP contribution in [-0.4, -0.2) is 23.4 Å². The van der Waals surface area contributed by atoms with Gasteiger partial charge in [-0.25, -0.2) is 0 Å². The smallest absolute Gasteiger partial charge is 0.413 e. The molecule has 0 atom stereocenters. The highest BCUT2D eigenvalue weighted by Gasteiger charge is 2.38. The molecule has 0 bridgehead atoms. The first-order chi connectivity index (χ1) is 11.3. The average Bonchev–Trinajstić information content (AvgIpc) is 2.98. The number of halogens is 3. The molecule has 1 aromatic carbocycles. The van der Waals surface area contributed by atoms with Crippen LogP contribution in [0, 0.1) is 0 Å². The van der Waals surface area contributed by atoms with E-state index in [9.17, 15) is 17.7 Å². The lowest BCUT2D eigenvalue weighted by Gasteiger charge is -2.16. The molecule has 0 aliphatic carbocycles. The monoisotopic (exact) mass is 364 g/mol. The summed E-state index contributed by atoms with van der Waals surface area (Å²) >= 11 is 0. The van der Waals surface area contributed by atoms with Gasteiger partial charge in [0, 0.05) is 5.56 Å². The Labute approximate surface area is 136 Å². The molecule has 0 unspecified atom stereocenters. The second kappa shape index (κ2) is 7.46. The molecule has 10 heteroatoms. The molecule has 0 aliphatic heterocycles. The first-order valence-corrected chi connectivity index (χ1v) is 8.88. The maximum Gasteiger partial charge on any atom is 0.470 e. The van der Waals surface area contributed by atoms with E-state index in [1.54, 1.807) is 26.0 Å². The fourth-order valence-corrected chi connectivity index (χ4v) is 3.65. The number of nitrogens with zero attached hydrogens (tertiary/aromatic N) is 2. The summed E-state index contributed by atoms with van der Waals surface area (Å²) in [5.41, 5.74) is 0.976. The van der Waals surface area contributed by atoms with Gasteiger partial charge in [-0.15, -0.1) is 10.2 Å². The van der Waals surface area contributed by atoms with E-state index in [0.717, 1.165) is 0 Å². The van der Waals surface area contributed by atoms with Gasteiger partial charge >= 0.3 is 19.7 Å². The highest BCUT2D eigenvalue weighted by Crippen LogP contribution is 2.51. The van der Waals surface area contributed by atoms with Crippen LogP contribution in [0.5, 0.6) is 0 Å². The Balaban J connectivity index is 2.16. The summed E-state index contributed by atoms with van der Waals surface area (Å²) < 4.78 is 64.8. The third-order valence-electron chi connectivity index (χ3n) is 2.90. The molecule has 0 spiro atoms. The minimum absolute atomic E-state index is 0.0621. The van der Waals surface area contributed by atoms with E-state index in [4.69, 9.17) is 9.05 Å². The Bertz CT molecular complexity index is 706. The second-order valence-corrected chi connectivity index (χ2v) is 6.77. The third-order valence-corrected chi connectivity index (χ3v) is 4.95. The van der Waals surface area contributed by atoms with E-state index in [2.05, 4.69) is 14.6 Å². The minimum atomic E-state index is -4.69. The third kappa shape index (κ3) is 4.66. The quantitative estimate of drug-likeness (QED) is 0.673. The molecular formula is C14H16F3N2O4P. The van der Waals surface area contributed by atoms with Crippen molar-refractivity contribution >= 4 is 7.60 Å². The molecule has 0 aliphatic rings. The summed E-state index contributed by atoms with van der Waals surface area (Å²) in [5.74, 6) is -1.65. The Hall–Kier alpha value is -1.70. The van der Waals surface area contributed by atoms with Crippen LogP contribution in [0.2, 0.25) is 0 Å². The predicted molar refractivity (Wildman–Crippen MR) is 79.3 cm³/mol. The zero-order valence-corrected chi connectivity index (χ0v) is 13.9. The lowest BCUT2D eigenvalue weighted by atomic mass is 10.1. The summed E-state index contributed by atoms with van der Waals surface area (Å²) in [6.07, 6.45) is -4.63. The molecule has 0 saturated carbocycles. The summed E-state index contributed by atoms with van der Waals surface area (Å²) in [4.78, 5) is 0. The van der Waals surface area contributed by atoms with E-state index in [1.807, 2.05) is 0 Å². The normalized spacial score (nSPS) is 12.5. The molecule has 0 amide bonds. The van der Waals surface area contributed by atoms with Crippen molar-refractivity contribution in [3.63, 3.8) is 0 Å². The van der Waals surface area contributed by atoms with Crippen molar-refractivity contribution in [3.05, 3.63) is 35.7 Å². The second-order valence-electron chi connectivity index (χ2n) is 4.71. The lowest BCUT2D eigenvalue weighted by molar-refractivity contribution is -0.156. The molecule has 0 N–H and O–H groups in total. The van der Waals surface area contributed by atoms with Gasteiger partial charge in [-0.2, -0.15) is 13.2 Å². The fraction of sp³-hybridized carbons (Fsp3) is 0.429. The van der Waals surface area contributed by atoms with E-state index in [0.29, 0.717) is 11.1 Å². The highest BCUT2D eigenvalue weighted by atomic mass is 31.2. The molecule has 132 valence electrons. The number of alkyl halides is 3. The van der Waals surface area contributed by atoms with Gasteiger partial charge in [0.1, 0.15) is 0 Å². The maximum atomic E-state index is 12.5. The summed E-state index contributed by atoms with van der Waals surface area (Å²) in [6.45, 7) is 3.92. The van der Waals surface area contributed by atoms with Crippen molar-refractivity contribution in [1.82, 2.24) is 10.2 Å². The van der Waals surface area contributed by atoms with Crippen molar-refractivity contribution in [2.24, 2.45) is 0 Å². The highest BCUT2D eigenvalue weighted by molar-refractivity contribution is 7.53. The molecule has 6 nitrogen and oxygen atoms in total. The summed E-state index contributed by atoms with van der Waals surface area (Å²) in [5, 5.41) is 6.34. The molecule has 0 fully saturated rings. The molecule has 1 aromatic heterocycles. The van der Waals surface area contributed by atoms with Gasteiger partial charge < -0.3 is 13.5 Å². The van der Waals surface area contributed by atoms with Gasteiger partial charge in [-0.1, -0.05) is 12.1 Å². The Morgan fingerprint density at radius 1 is 1.08 bits per heavy atom. The van der Waals surface area contributed by atoms with E-state index in [1.165, 1.54) is 12.1 Å². The molecule has 24 heavy (non-hydrogen) atoms. The van der Waals surface area contributed by atoms with Crippen LogP contribution in [0.4, 0.5) is 13.2 Å². The average molecular weight is 364 g/mol. The molecular weight excluding hydrogens is 348 g/mol. The molecule has 2 rings (SSSR count). The minimum Gasteiger partial charge on any atom is -0.413 e. The maximum absolute atomic E-state index is 12.5. The Morgan fingerprint density at radius 3 is 2.12 bits per heavy atom. The fourth-order valence-electron chi connectivity index (χ4n) is 1.95. The van der Waals surface area contributed by atoms with Crippen LogP contribution >= 0.6 is 7.60 Å². The van der Waals surface area contributed by atoms with Crippen molar-refractivity contribution in [1.29, 1.82) is 0 Å². The van der Waals surface area contributed by atoms with Crippen molar-refractivity contribution < 1.29 is 31.2 Å². The van der Waals surface area contributed by atoms with Crippen molar-refractivity contribution in [2.75, 3.05) is 13.2 Å². The van der Waals surface area contributed by atoms with E-state index < -0.39 is 19.7 Å². The number of hydrogen-bond acceptors (Lipinski definition) is 6. The van der Waals surface area contributed by atoms with Gasteiger partial charge in [0.25, 0.3) is 0 Å². The summed E-state index contributed by atoms with van der Waals surface area (Å²) in [6, 6.07) is 6.20. The SMILES string of the molecule is CCOP(=O)(Cc1ccc(-c2nnc(C(F)(F)F)o2)cc1)OCC. The van der Waals surface area contributed by atoms with Crippen LogP contribution in [0.25, 0.3) is 11.5 Å². The van der Waals surface area contributed by atoms with Gasteiger partial charge in [0.05, 0.1) is 19.4 Å². The number of aromatic nitrogens is 2. The van der Waals surface area contributed by atoms with E-state index >= 15 is 0 Å². The largest absolute Gasteiger partial charge is 0.470 e. The lowest BCUT2D eigenvalue weighted by Crippen LogP contribution is -2.04. The topological polar surface area (TPSA) is 74.5 Å². The van der Waals surface area contributed by atoms with Crippen LogP contribution < -0.4 is 0 Å². The van der Waals surface area contributed by atoms with Crippen LogP contribution in [0.3, 0.4) is 0 Å². The van der Waals surface area contributed by atoms with Gasteiger partial charge in [-0.3, -0.25) is 4.57 Å². The van der Waals surface area contributed by atoms with Crippen LogP contribution in [-0.2, 0) is 26.0 Å². The van der Waals surface area contributed by atoms with Crippen LogP contribution in [0.15, 0.2) is 28.7 Å². The molecule has 1 heterocycles. The zero-order chi connectivity index (χ0) is 17.8. The number of rotatable bonds is 7. The molecule has 2 aromatic rings. The first kappa shape index (κ1) is 18.6. The Morgan fingerprint density at radius 2 is 1.67 bits per heavy atom. The zero-order valence-electron chi connectivity index (χ0n) is 13.0. The molecule has 0 saturated heterocycles. The predicted octanol–water partition coefficient (Wildman–Crippen LogP) is 4.52. The standard InChI is InChI=1S/C14H16F3N2O4P/c1-3-21-24(20,22-4-2)9-10-5-7-11(8-6-10)12-18-19-13(23-12)14(15,16)17/h5-8H,3-4,9H2,1-2H3. The van der Waals surface area contributed by atoms with Crippen LogP contribution in [0.1, 0.15) is 25.3 Å². The van der Waals surface area contributed by atoms with Gasteiger partial charge in [-0.05, 0) is 31.5 Å². The summed E-state index contributed by atoms with van der Waals surface area (Å²) in [7, 11) is -3.25. The Kier molecular flexibility index (Phi) is 5.79. The van der Waals surface area contributed by atoms with Gasteiger partial charge in [0.15, 0.2) is 0 Å². The van der Waals surface area contributed by atoms with Gasteiger partial charge in [0.2, 0.25) is 5.89 Å². The number of benzene rings is 1. The molecule has 0 radical (unpaired) electrons. The number of hydrogen-bond donors (Lipinski definition) is 0. The first-order valence-electron chi connectivity index (χ1n) is 7.15. The van der Waals surface area contributed by atoms with Crippen molar-refractivity contribution in [3.8, 4) is 11.5 Å².